The summed E-state index contributed by atoms with van der Waals surface area (Å²) in [5.74, 6) is 1.25. The number of piperidine rings is 1. The molecule has 2 heterocycles. The van der Waals surface area contributed by atoms with E-state index in [9.17, 15) is 4.79 Å². The second kappa shape index (κ2) is 4.97. The molecule has 3 nitrogen and oxygen atoms in total. The maximum absolute atomic E-state index is 12.1. The van der Waals surface area contributed by atoms with Crippen LogP contribution in [0.5, 0.6) is 0 Å². The molecule has 0 saturated carbocycles. The average Bonchev–Trinajstić information content (AvgIpc) is 2.82. The van der Waals surface area contributed by atoms with Crippen LogP contribution in [0.3, 0.4) is 0 Å². The van der Waals surface area contributed by atoms with Crippen LogP contribution in [-0.4, -0.2) is 30.4 Å². The summed E-state index contributed by atoms with van der Waals surface area (Å²) in [6, 6.07) is 1.89. The molecule has 4 heteroatoms. The van der Waals surface area contributed by atoms with Crippen LogP contribution in [0.1, 0.15) is 23.7 Å². The molecule has 0 bridgehead atoms. The topological polar surface area (TPSA) is 46.3 Å². The largest absolute Gasteiger partial charge is 0.338 e. The van der Waals surface area contributed by atoms with Gasteiger partial charge in [0.05, 0.1) is 5.56 Å². The Morgan fingerprint density at radius 2 is 2.50 bits per heavy atom. The third-order valence-electron chi connectivity index (χ3n) is 3.47. The van der Waals surface area contributed by atoms with Crippen molar-refractivity contribution in [1.29, 1.82) is 0 Å². The Kier molecular flexibility index (Phi) is 3.61. The lowest BCUT2D eigenvalue weighted by atomic mass is 9.87. The minimum Gasteiger partial charge on any atom is -0.338 e. The standard InChI is InChI=1S/C12H18N2OS/c1-9-2-4-14(7-11(9)6-13)12(15)10-3-5-16-8-10/h3,5,8-9,11H,2,4,6-7,13H2,1H3. The van der Waals surface area contributed by atoms with Gasteiger partial charge in [-0.25, -0.2) is 0 Å². The van der Waals surface area contributed by atoms with Gasteiger partial charge in [0.25, 0.3) is 5.91 Å². The summed E-state index contributed by atoms with van der Waals surface area (Å²) in [5.41, 5.74) is 6.55. The van der Waals surface area contributed by atoms with Crippen molar-refractivity contribution < 1.29 is 4.79 Å². The lowest BCUT2D eigenvalue weighted by molar-refractivity contribution is 0.0619. The Morgan fingerprint density at radius 3 is 3.12 bits per heavy atom. The number of hydrogen-bond acceptors (Lipinski definition) is 3. The average molecular weight is 238 g/mol. The molecule has 1 aromatic rings. The van der Waals surface area contributed by atoms with Gasteiger partial charge in [0, 0.05) is 18.5 Å². The maximum atomic E-state index is 12.1. The first kappa shape index (κ1) is 11.6. The molecule has 2 atom stereocenters. The van der Waals surface area contributed by atoms with E-state index in [2.05, 4.69) is 6.92 Å². The van der Waals surface area contributed by atoms with Gasteiger partial charge in [-0.1, -0.05) is 6.92 Å². The molecule has 0 aliphatic carbocycles. The summed E-state index contributed by atoms with van der Waals surface area (Å²) in [4.78, 5) is 14.1. The zero-order valence-electron chi connectivity index (χ0n) is 9.56. The summed E-state index contributed by atoms with van der Waals surface area (Å²) in [7, 11) is 0. The van der Waals surface area contributed by atoms with Gasteiger partial charge in [-0.05, 0) is 36.2 Å². The molecule has 0 aromatic carbocycles. The Balaban J connectivity index is 2.03. The zero-order valence-corrected chi connectivity index (χ0v) is 10.4. The molecule has 1 aliphatic heterocycles. The van der Waals surface area contributed by atoms with Crippen molar-refractivity contribution in [3.8, 4) is 0 Å². The summed E-state index contributed by atoms with van der Waals surface area (Å²) in [6.07, 6.45) is 1.07. The predicted molar refractivity (Wildman–Crippen MR) is 66.5 cm³/mol. The molecule has 2 N–H and O–H groups in total. The van der Waals surface area contributed by atoms with Crippen LogP contribution >= 0.6 is 11.3 Å². The first-order valence-corrected chi connectivity index (χ1v) is 6.68. The molecule has 0 spiro atoms. The number of rotatable bonds is 2. The molecular formula is C12H18N2OS. The molecule has 1 amide bonds. The number of carbonyl (C=O) groups is 1. The van der Waals surface area contributed by atoms with Crippen LogP contribution in [0.4, 0.5) is 0 Å². The SMILES string of the molecule is CC1CCN(C(=O)c2ccsc2)CC1CN. The highest BCUT2D eigenvalue weighted by Crippen LogP contribution is 2.23. The summed E-state index contributed by atoms with van der Waals surface area (Å²) >= 11 is 1.57. The third-order valence-corrected chi connectivity index (χ3v) is 4.16. The van der Waals surface area contributed by atoms with E-state index >= 15 is 0 Å². The second-order valence-corrected chi connectivity index (χ2v) is 5.30. The van der Waals surface area contributed by atoms with Crippen molar-refractivity contribution in [1.82, 2.24) is 4.90 Å². The Hall–Kier alpha value is -0.870. The van der Waals surface area contributed by atoms with Gasteiger partial charge < -0.3 is 10.6 Å². The van der Waals surface area contributed by atoms with E-state index in [4.69, 9.17) is 5.73 Å². The normalized spacial score (nSPS) is 25.8. The van der Waals surface area contributed by atoms with Gasteiger partial charge in [0.2, 0.25) is 0 Å². The Labute approximate surface area is 100 Å². The van der Waals surface area contributed by atoms with Crippen LogP contribution in [0.15, 0.2) is 16.8 Å². The number of nitrogens with two attached hydrogens (primary N) is 1. The number of thiophene rings is 1. The molecule has 1 aromatic heterocycles. The molecule has 1 aliphatic rings. The van der Waals surface area contributed by atoms with E-state index in [1.54, 1.807) is 11.3 Å². The summed E-state index contributed by atoms with van der Waals surface area (Å²) in [5, 5.41) is 3.86. The molecule has 2 rings (SSSR count). The van der Waals surface area contributed by atoms with Gasteiger partial charge in [-0.2, -0.15) is 11.3 Å². The fraction of sp³-hybridized carbons (Fsp3) is 0.583. The Bertz CT molecular complexity index is 350. The van der Waals surface area contributed by atoms with E-state index in [0.29, 0.717) is 18.4 Å². The minimum absolute atomic E-state index is 0.159. The van der Waals surface area contributed by atoms with Crippen molar-refractivity contribution in [2.24, 2.45) is 17.6 Å². The van der Waals surface area contributed by atoms with E-state index in [1.807, 2.05) is 21.7 Å². The van der Waals surface area contributed by atoms with Crippen molar-refractivity contribution in [3.05, 3.63) is 22.4 Å². The highest BCUT2D eigenvalue weighted by Gasteiger charge is 2.28. The van der Waals surface area contributed by atoms with Crippen LogP contribution < -0.4 is 5.73 Å². The summed E-state index contributed by atoms with van der Waals surface area (Å²) < 4.78 is 0. The predicted octanol–water partition coefficient (Wildman–Crippen LogP) is 1.80. The second-order valence-electron chi connectivity index (χ2n) is 4.52. The number of nitrogens with zero attached hydrogens (tertiary/aromatic N) is 1. The lowest BCUT2D eigenvalue weighted by Crippen LogP contribution is -2.45. The Morgan fingerprint density at radius 1 is 1.69 bits per heavy atom. The van der Waals surface area contributed by atoms with Crippen molar-refractivity contribution in [2.75, 3.05) is 19.6 Å². The van der Waals surface area contributed by atoms with E-state index in [0.717, 1.165) is 25.1 Å². The molecule has 88 valence electrons. The smallest absolute Gasteiger partial charge is 0.254 e. The van der Waals surface area contributed by atoms with Crippen LogP contribution in [0.2, 0.25) is 0 Å². The van der Waals surface area contributed by atoms with Gasteiger partial charge in [0.1, 0.15) is 0 Å². The molecule has 1 saturated heterocycles. The van der Waals surface area contributed by atoms with Crippen LogP contribution in [-0.2, 0) is 0 Å². The van der Waals surface area contributed by atoms with Gasteiger partial charge in [-0.3, -0.25) is 4.79 Å². The minimum atomic E-state index is 0.159. The van der Waals surface area contributed by atoms with Gasteiger partial charge >= 0.3 is 0 Å². The fourth-order valence-electron chi connectivity index (χ4n) is 2.21. The molecular weight excluding hydrogens is 220 g/mol. The van der Waals surface area contributed by atoms with E-state index in [-0.39, 0.29) is 5.91 Å². The van der Waals surface area contributed by atoms with Gasteiger partial charge in [-0.15, -0.1) is 0 Å². The van der Waals surface area contributed by atoms with Crippen molar-refractivity contribution in [3.63, 3.8) is 0 Å². The summed E-state index contributed by atoms with van der Waals surface area (Å²) in [6.45, 7) is 4.58. The molecule has 16 heavy (non-hydrogen) atoms. The zero-order chi connectivity index (χ0) is 11.5. The lowest BCUT2D eigenvalue weighted by Gasteiger charge is -2.36. The van der Waals surface area contributed by atoms with Crippen molar-refractivity contribution >= 4 is 17.2 Å². The highest BCUT2D eigenvalue weighted by molar-refractivity contribution is 7.08. The number of carbonyl (C=O) groups excluding carboxylic acids is 1. The van der Waals surface area contributed by atoms with Crippen LogP contribution in [0, 0.1) is 11.8 Å². The number of amides is 1. The quantitative estimate of drug-likeness (QED) is 0.854. The molecule has 2 unspecified atom stereocenters. The van der Waals surface area contributed by atoms with E-state index < -0.39 is 0 Å². The first-order valence-electron chi connectivity index (χ1n) is 5.74. The van der Waals surface area contributed by atoms with E-state index in [1.165, 1.54) is 0 Å². The molecule has 1 fully saturated rings. The number of hydrogen-bond donors (Lipinski definition) is 1. The monoisotopic (exact) mass is 238 g/mol. The van der Waals surface area contributed by atoms with Crippen LogP contribution in [0.25, 0.3) is 0 Å². The number of likely N-dealkylation sites (tertiary alicyclic amines) is 1. The highest BCUT2D eigenvalue weighted by atomic mass is 32.1. The van der Waals surface area contributed by atoms with Crippen molar-refractivity contribution in [2.45, 2.75) is 13.3 Å². The fourth-order valence-corrected chi connectivity index (χ4v) is 2.84. The maximum Gasteiger partial charge on any atom is 0.254 e. The first-order chi connectivity index (χ1) is 7.72. The third kappa shape index (κ3) is 2.28. The van der Waals surface area contributed by atoms with Gasteiger partial charge in [0.15, 0.2) is 0 Å². The molecule has 0 radical (unpaired) electrons.